The van der Waals surface area contributed by atoms with Crippen molar-refractivity contribution < 1.29 is 23.8 Å². The molecule has 0 bridgehead atoms. The summed E-state index contributed by atoms with van der Waals surface area (Å²) in [5.41, 5.74) is 0.888. The van der Waals surface area contributed by atoms with Crippen LogP contribution in [0.2, 0.25) is 0 Å². The third-order valence-corrected chi connectivity index (χ3v) is 6.00. The van der Waals surface area contributed by atoms with Crippen molar-refractivity contribution in [2.45, 2.75) is 57.7 Å². The number of rotatable bonds is 11. The van der Waals surface area contributed by atoms with Crippen molar-refractivity contribution in [1.29, 1.82) is 0 Å². The second-order valence-electron chi connectivity index (χ2n) is 8.25. The maximum absolute atomic E-state index is 13.3. The third kappa shape index (κ3) is 6.88. The van der Waals surface area contributed by atoms with Gasteiger partial charge in [-0.05, 0) is 61.2 Å². The van der Waals surface area contributed by atoms with E-state index in [1.165, 1.54) is 0 Å². The summed E-state index contributed by atoms with van der Waals surface area (Å²) in [4.78, 5) is 28.1. The van der Waals surface area contributed by atoms with E-state index in [0.717, 1.165) is 31.2 Å². The van der Waals surface area contributed by atoms with Crippen LogP contribution >= 0.6 is 0 Å². The summed E-state index contributed by atoms with van der Waals surface area (Å²) < 4.78 is 16.2. The highest BCUT2D eigenvalue weighted by Crippen LogP contribution is 2.21. The average molecular weight is 455 g/mol. The van der Waals surface area contributed by atoms with Gasteiger partial charge in [0.25, 0.3) is 5.91 Å². The Morgan fingerprint density at radius 3 is 2.30 bits per heavy atom. The Morgan fingerprint density at radius 1 is 1.00 bits per heavy atom. The predicted octanol–water partition coefficient (Wildman–Crippen LogP) is 3.95. The van der Waals surface area contributed by atoms with E-state index in [9.17, 15) is 9.59 Å². The Balaban J connectivity index is 1.75. The lowest BCUT2D eigenvalue weighted by Crippen LogP contribution is -2.52. The van der Waals surface area contributed by atoms with E-state index < -0.39 is 6.04 Å². The number of ether oxygens (including phenoxy) is 3. The van der Waals surface area contributed by atoms with Crippen LogP contribution in [0.25, 0.3) is 0 Å². The Morgan fingerprint density at radius 2 is 1.67 bits per heavy atom. The summed E-state index contributed by atoms with van der Waals surface area (Å²) in [7, 11) is 3.20. The number of amides is 2. The molecule has 1 N–H and O–H groups in total. The van der Waals surface area contributed by atoms with Crippen molar-refractivity contribution in [1.82, 2.24) is 10.2 Å². The van der Waals surface area contributed by atoms with Gasteiger partial charge in [0.1, 0.15) is 23.3 Å². The molecule has 0 saturated heterocycles. The molecule has 1 aliphatic rings. The van der Waals surface area contributed by atoms with Gasteiger partial charge in [-0.3, -0.25) is 9.59 Å². The van der Waals surface area contributed by atoms with E-state index in [2.05, 4.69) is 5.32 Å². The molecular formula is C26H34N2O5. The molecule has 7 nitrogen and oxygen atoms in total. The second-order valence-corrected chi connectivity index (χ2v) is 8.25. The van der Waals surface area contributed by atoms with Crippen LogP contribution in [-0.2, 0) is 16.1 Å². The molecule has 2 aromatic carbocycles. The zero-order valence-corrected chi connectivity index (χ0v) is 19.7. The zero-order valence-electron chi connectivity index (χ0n) is 19.7. The maximum atomic E-state index is 13.3. The molecule has 0 aliphatic heterocycles. The van der Waals surface area contributed by atoms with E-state index in [4.69, 9.17) is 14.2 Å². The number of nitrogens with one attached hydrogen (secondary N) is 1. The SMILES string of the molecule is CC[C@H](C(=O)NC1CCCC1)N(Cc1cccc(OC)c1)C(=O)COc1ccc(OC)cc1. The highest BCUT2D eigenvalue weighted by Gasteiger charge is 2.31. The van der Waals surface area contributed by atoms with Crippen LogP contribution in [0.3, 0.4) is 0 Å². The van der Waals surface area contributed by atoms with Crippen LogP contribution in [0.4, 0.5) is 0 Å². The first kappa shape index (κ1) is 24.4. The van der Waals surface area contributed by atoms with Gasteiger partial charge in [-0.2, -0.15) is 0 Å². The van der Waals surface area contributed by atoms with Crippen molar-refractivity contribution in [3.63, 3.8) is 0 Å². The largest absolute Gasteiger partial charge is 0.497 e. The molecule has 2 aromatic rings. The Bertz CT molecular complexity index is 909. The zero-order chi connectivity index (χ0) is 23.6. The van der Waals surface area contributed by atoms with Crippen molar-refractivity contribution in [2.75, 3.05) is 20.8 Å². The highest BCUT2D eigenvalue weighted by molar-refractivity contribution is 5.88. The Hall–Kier alpha value is -3.22. The molecule has 1 fully saturated rings. The van der Waals surface area contributed by atoms with Crippen molar-refractivity contribution in [3.8, 4) is 17.2 Å². The number of hydrogen-bond acceptors (Lipinski definition) is 5. The van der Waals surface area contributed by atoms with Gasteiger partial charge in [0, 0.05) is 12.6 Å². The lowest BCUT2D eigenvalue weighted by molar-refractivity contribution is -0.143. The van der Waals surface area contributed by atoms with Gasteiger partial charge in [0.05, 0.1) is 14.2 Å². The van der Waals surface area contributed by atoms with Crippen LogP contribution in [0.5, 0.6) is 17.2 Å². The van der Waals surface area contributed by atoms with Gasteiger partial charge in [-0.25, -0.2) is 0 Å². The summed E-state index contributed by atoms with van der Waals surface area (Å²) in [6.45, 7) is 2.05. The predicted molar refractivity (Wildman–Crippen MR) is 127 cm³/mol. The average Bonchev–Trinajstić information content (AvgIpc) is 3.35. The number of methoxy groups -OCH3 is 2. The fourth-order valence-corrected chi connectivity index (χ4v) is 4.15. The molecule has 3 rings (SSSR count). The van der Waals surface area contributed by atoms with Crippen LogP contribution in [0.15, 0.2) is 48.5 Å². The molecule has 7 heteroatoms. The van der Waals surface area contributed by atoms with Gasteiger partial charge in [-0.15, -0.1) is 0 Å². The quantitative estimate of drug-likeness (QED) is 0.556. The van der Waals surface area contributed by atoms with Crippen molar-refractivity contribution in [2.24, 2.45) is 0 Å². The standard InChI is InChI=1S/C26H34N2O5/c1-4-24(26(30)27-20-9-5-6-10-20)28(17-19-8-7-11-23(16-19)32-3)25(29)18-33-22-14-12-21(31-2)13-15-22/h7-8,11-16,20,24H,4-6,9-10,17-18H2,1-3H3,(H,27,30)/t24-/m1/s1. The summed E-state index contributed by atoms with van der Waals surface area (Å²) >= 11 is 0. The van der Waals surface area contributed by atoms with E-state index in [0.29, 0.717) is 30.2 Å². The normalized spacial score (nSPS) is 14.4. The number of carbonyl (C=O) groups is 2. The van der Waals surface area contributed by atoms with Crippen molar-refractivity contribution >= 4 is 11.8 Å². The van der Waals surface area contributed by atoms with Crippen LogP contribution in [-0.4, -0.2) is 49.6 Å². The first-order valence-corrected chi connectivity index (χ1v) is 11.5. The van der Waals surface area contributed by atoms with E-state index in [1.54, 1.807) is 43.4 Å². The third-order valence-electron chi connectivity index (χ3n) is 6.00. The minimum atomic E-state index is -0.580. The number of benzene rings is 2. The molecule has 0 unspecified atom stereocenters. The smallest absolute Gasteiger partial charge is 0.261 e. The lowest BCUT2D eigenvalue weighted by Gasteiger charge is -2.31. The van der Waals surface area contributed by atoms with Crippen LogP contribution in [0, 0.1) is 0 Å². The number of hydrogen-bond donors (Lipinski definition) is 1. The lowest BCUT2D eigenvalue weighted by atomic mass is 10.1. The van der Waals surface area contributed by atoms with Crippen molar-refractivity contribution in [3.05, 3.63) is 54.1 Å². The molecule has 33 heavy (non-hydrogen) atoms. The fraction of sp³-hybridized carbons (Fsp3) is 0.462. The Kier molecular flexibility index (Phi) is 8.98. The van der Waals surface area contributed by atoms with Gasteiger partial charge >= 0.3 is 0 Å². The topological polar surface area (TPSA) is 77.1 Å². The molecule has 1 aliphatic carbocycles. The first-order chi connectivity index (χ1) is 16.0. The van der Waals surface area contributed by atoms with Gasteiger partial charge in [-0.1, -0.05) is 31.9 Å². The molecule has 178 valence electrons. The molecular weight excluding hydrogens is 420 g/mol. The number of carbonyl (C=O) groups excluding carboxylic acids is 2. The van der Waals surface area contributed by atoms with Gasteiger partial charge < -0.3 is 24.4 Å². The summed E-state index contributed by atoms with van der Waals surface area (Å²) in [6, 6.07) is 14.2. The maximum Gasteiger partial charge on any atom is 0.261 e. The summed E-state index contributed by atoms with van der Waals surface area (Å²) in [6.07, 6.45) is 4.75. The Labute approximate surface area is 196 Å². The minimum absolute atomic E-state index is 0.106. The fourth-order valence-electron chi connectivity index (χ4n) is 4.15. The monoisotopic (exact) mass is 454 g/mol. The molecule has 2 amide bonds. The molecule has 1 atom stereocenters. The first-order valence-electron chi connectivity index (χ1n) is 11.5. The summed E-state index contributed by atoms with van der Waals surface area (Å²) in [5.74, 6) is 1.63. The second kappa shape index (κ2) is 12.1. The molecule has 0 heterocycles. The van der Waals surface area contributed by atoms with Gasteiger partial charge in [0.15, 0.2) is 6.61 Å². The molecule has 0 spiro atoms. The number of nitrogens with zero attached hydrogens (tertiary/aromatic N) is 1. The molecule has 1 saturated carbocycles. The van der Waals surface area contributed by atoms with E-state index in [1.807, 2.05) is 31.2 Å². The van der Waals surface area contributed by atoms with E-state index >= 15 is 0 Å². The van der Waals surface area contributed by atoms with E-state index in [-0.39, 0.29) is 24.5 Å². The van der Waals surface area contributed by atoms with Gasteiger partial charge in [0.2, 0.25) is 5.91 Å². The molecule has 0 radical (unpaired) electrons. The highest BCUT2D eigenvalue weighted by atomic mass is 16.5. The van der Waals surface area contributed by atoms with Crippen LogP contribution in [0.1, 0.15) is 44.6 Å². The van der Waals surface area contributed by atoms with Crippen LogP contribution < -0.4 is 19.5 Å². The summed E-state index contributed by atoms with van der Waals surface area (Å²) in [5, 5.41) is 3.15. The molecule has 0 aromatic heterocycles. The minimum Gasteiger partial charge on any atom is -0.497 e.